The number of carboxylic acids is 1. The molecule has 1 aromatic heterocycles. The first kappa shape index (κ1) is 13.6. The lowest BCUT2D eigenvalue weighted by atomic mass is 10.0. The number of amides is 1. The zero-order chi connectivity index (χ0) is 13.8. The van der Waals surface area contributed by atoms with Gasteiger partial charge in [-0.15, -0.1) is 0 Å². The van der Waals surface area contributed by atoms with Crippen LogP contribution < -0.4 is 5.32 Å². The molecule has 1 aliphatic heterocycles. The van der Waals surface area contributed by atoms with Gasteiger partial charge in [0.15, 0.2) is 0 Å². The van der Waals surface area contributed by atoms with Gasteiger partial charge in [-0.3, -0.25) is 4.79 Å². The first-order chi connectivity index (χ1) is 9.08. The van der Waals surface area contributed by atoms with Gasteiger partial charge in [-0.1, -0.05) is 0 Å². The quantitative estimate of drug-likeness (QED) is 0.859. The summed E-state index contributed by atoms with van der Waals surface area (Å²) < 4.78 is 10.5. The summed E-state index contributed by atoms with van der Waals surface area (Å²) in [5.41, 5.74) is 0.130. The summed E-state index contributed by atoms with van der Waals surface area (Å²) in [4.78, 5) is 22.7. The van der Waals surface area contributed by atoms with E-state index in [0.717, 1.165) is 12.8 Å². The molecule has 1 aliphatic rings. The van der Waals surface area contributed by atoms with E-state index >= 15 is 0 Å². The fourth-order valence-corrected chi connectivity index (χ4v) is 2.11. The molecular formula is C13H17NO5. The summed E-state index contributed by atoms with van der Waals surface area (Å²) in [6.45, 7) is 2.94. The summed E-state index contributed by atoms with van der Waals surface area (Å²) in [7, 11) is 0. The van der Waals surface area contributed by atoms with E-state index in [1.54, 1.807) is 6.92 Å². The van der Waals surface area contributed by atoms with Crippen molar-refractivity contribution in [3.63, 3.8) is 0 Å². The van der Waals surface area contributed by atoms with Gasteiger partial charge in [-0.05, 0) is 25.8 Å². The second-order valence-electron chi connectivity index (χ2n) is 4.62. The van der Waals surface area contributed by atoms with E-state index in [9.17, 15) is 9.59 Å². The third-order valence-corrected chi connectivity index (χ3v) is 3.17. The molecule has 0 radical (unpaired) electrons. The summed E-state index contributed by atoms with van der Waals surface area (Å²) in [5, 5.41) is 11.6. The van der Waals surface area contributed by atoms with E-state index in [2.05, 4.69) is 5.32 Å². The largest absolute Gasteiger partial charge is 0.478 e. The van der Waals surface area contributed by atoms with Crippen molar-refractivity contribution in [2.75, 3.05) is 13.2 Å². The van der Waals surface area contributed by atoms with Crippen molar-refractivity contribution < 1.29 is 23.8 Å². The fourth-order valence-electron chi connectivity index (χ4n) is 2.11. The summed E-state index contributed by atoms with van der Waals surface area (Å²) in [6.07, 6.45) is 1.71. The number of furan rings is 1. The van der Waals surface area contributed by atoms with Crippen LogP contribution in [0.25, 0.3) is 0 Å². The molecule has 1 saturated heterocycles. The minimum Gasteiger partial charge on any atom is -0.478 e. The molecule has 104 valence electrons. The van der Waals surface area contributed by atoms with Gasteiger partial charge in [0.05, 0.1) is 19.1 Å². The number of carbonyl (C=O) groups excluding carboxylic acids is 1. The lowest BCUT2D eigenvalue weighted by Gasteiger charge is -2.20. The van der Waals surface area contributed by atoms with Gasteiger partial charge in [-0.25, -0.2) is 4.79 Å². The van der Waals surface area contributed by atoms with Crippen molar-refractivity contribution in [2.45, 2.75) is 26.3 Å². The summed E-state index contributed by atoms with van der Waals surface area (Å²) in [6, 6.07) is 1.44. The van der Waals surface area contributed by atoms with Crippen LogP contribution in [0.15, 0.2) is 10.5 Å². The maximum absolute atomic E-state index is 11.8. The highest BCUT2D eigenvalue weighted by molar-refractivity contribution is 5.88. The van der Waals surface area contributed by atoms with Crippen LogP contribution in [0.2, 0.25) is 0 Å². The summed E-state index contributed by atoms with van der Waals surface area (Å²) >= 11 is 0. The maximum Gasteiger partial charge on any atom is 0.339 e. The average molecular weight is 267 g/mol. The first-order valence-corrected chi connectivity index (χ1v) is 6.26. The Morgan fingerprint density at radius 2 is 2.32 bits per heavy atom. The Kier molecular flexibility index (Phi) is 4.21. The van der Waals surface area contributed by atoms with Crippen LogP contribution in [0.4, 0.5) is 0 Å². The van der Waals surface area contributed by atoms with Crippen LogP contribution in [-0.4, -0.2) is 30.2 Å². The molecule has 0 unspecified atom stereocenters. The van der Waals surface area contributed by atoms with Crippen LogP contribution in [0, 0.1) is 12.8 Å². The molecule has 2 heterocycles. The molecule has 0 spiro atoms. The number of nitrogens with one attached hydrogen (secondary N) is 1. The molecule has 0 aliphatic carbocycles. The van der Waals surface area contributed by atoms with E-state index in [-0.39, 0.29) is 23.9 Å². The van der Waals surface area contributed by atoms with Crippen LogP contribution >= 0.6 is 0 Å². The highest BCUT2D eigenvalue weighted by Crippen LogP contribution is 2.16. The molecule has 1 aromatic rings. The number of hydrogen-bond donors (Lipinski definition) is 2. The van der Waals surface area contributed by atoms with Crippen LogP contribution in [-0.2, 0) is 16.1 Å². The molecule has 0 saturated carbocycles. The molecule has 6 heteroatoms. The minimum absolute atomic E-state index is 0.0781. The molecule has 0 aromatic carbocycles. The van der Waals surface area contributed by atoms with Gasteiger partial charge in [0, 0.05) is 6.61 Å². The lowest BCUT2D eigenvalue weighted by molar-refractivity contribution is -0.129. The SMILES string of the molecule is Cc1oc(CNC(=O)[C@@H]2CCCOC2)cc1C(=O)O. The van der Waals surface area contributed by atoms with Gasteiger partial charge in [0.2, 0.25) is 5.91 Å². The fraction of sp³-hybridized carbons (Fsp3) is 0.538. The third kappa shape index (κ3) is 3.35. The molecule has 1 atom stereocenters. The molecule has 2 N–H and O–H groups in total. The minimum atomic E-state index is -1.03. The van der Waals surface area contributed by atoms with E-state index in [1.807, 2.05) is 0 Å². The Labute approximate surface area is 110 Å². The zero-order valence-electron chi connectivity index (χ0n) is 10.8. The molecule has 1 amide bonds. The van der Waals surface area contributed by atoms with Crippen LogP contribution in [0.1, 0.15) is 34.7 Å². The Morgan fingerprint density at radius 1 is 1.53 bits per heavy atom. The highest BCUT2D eigenvalue weighted by atomic mass is 16.5. The van der Waals surface area contributed by atoms with E-state index in [1.165, 1.54) is 6.07 Å². The van der Waals surface area contributed by atoms with Gasteiger partial charge in [-0.2, -0.15) is 0 Å². The lowest BCUT2D eigenvalue weighted by Crippen LogP contribution is -2.35. The number of carbonyl (C=O) groups is 2. The number of ether oxygens (including phenoxy) is 1. The van der Waals surface area contributed by atoms with Crippen molar-refractivity contribution >= 4 is 11.9 Å². The standard InChI is InChI=1S/C13H17NO5/c1-8-11(13(16)17)5-10(19-8)6-14-12(15)9-3-2-4-18-7-9/h5,9H,2-4,6-7H2,1H3,(H,14,15)(H,16,17)/t9-/m1/s1. The van der Waals surface area contributed by atoms with Gasteiger partial charge >= 0.3 is 5.97 Å². The number of rotatable bonds is 4. The molecule has 2 rings (SSSR count). The Morgan fingerprint density at radius 3 is 2.89 bits per heavy atom. The second-order valence-corrected chi connectivity index (χ2v) is 4.62. The monoisotopic (exact) mass is 267 g/mol. The van der Waals surface area contributed by atoms with Crippen LogP contribution in [0.3, 0.4) is 0 Å². The van der Waals surface area contributed by atoms with E-state index in [0.29, 0.717) is 24.7 Å². The Hall–Kier alpha value is -1.82. The zero-order valence-corrected chi connectivity index (χ0v) is 10.8. The molecular weight excluding hydrogens is 250 g/mol. The average Bonchev–Trinajstić information content (AvgIpc) is 2.78. The van der Waals surface area contributed by atoms with E-state index < -0.39 is 5.97 Å². The Balaban J connectivity index is 1.89. The summed E-state index contributed by atoms with van der Waals surface area (Å²) in [5.74, 6) is -0.438. The van der Waals surface area contributed by atoms with Crippen LogP contribution in [0.5, 0.6) is 0 Å². The predicted molar refractivity (Wildman–Crippen MR) is 65.8 cm³/mol. The van der Waals surface area contributed by atoms with Crippen molar-refractivity contribution in [1.29, 1.82) is 0 Å². The Bertz CT molecular complexity index is 473. The normalized spacial score (nSPS) is 19.1. The second kappa shape index (κ2) is 5.88. The third-order valence-electron chi connectivity index (χ3n) is 3.17. The highest BCUT2D eigenvalue weighted by Gasteiger charge is 2.22. The first-order valence-electron chi connectivity index (χ1n) is 6.26. The van der Waals surface area contributed by atoms with Gasteiger partial charge < -0.3 is 19.6 Å². The number of aromatic carboxylic acids is 1. The van der Waals surface area contributed by atoms with Crippen molar-refractivity contribution in [1.82, 2.24) is 5.32 Å². The van der Waals surface area contributed by atoms with Crippen molar-refractivity contribution in [3.05, 3.63) is 23.2 Å². The van der Waals surface area contributed by atoms with Gasteiger partial charge in [0.25, 0.3) is 0 Å². The van der Waals surface area contributed by atoms with Gasteiger partial charge in [0.1, 0.15) is 17.1 Å². The number of hydrogen-bond acceptors (Lipinski definition) is 4. The maximum atomic E-state index is 11.8. The van der Waals surface area contributed by atoms with E-state index in [4.69, 9.17) is 14.3 Å². The molecule has 0 bridgehead atoms. The smallest absolute Gasteiger partial charge is 0.339 e. The van der Waals surface area contributed by atoms with Crippen molar-refractivity contribution in [3.8, 4) is 0 Å². The molecule has 1 fully saturated rings. The number of carboxylic acid groups (broad SMARTS) is 1. The number of aryl methyl sites for hydroxylation is 1. The molecule has 6 nitrogen and oxygen atoms in total. The topological polar surface area (TPSA) is 88.8 Å². The van der Waals surface area contributed by atoms with Crippen molar-refractivity contribution in [2.24, 2.45) is 5.92 Å². The molecule has 19 heavy (non-hydrogen) atoms. The predicted octanol–water partition coefficient (Wildman–Crippen LogP) is 1.33.